The van der Waals surface area contributed by atoms with Gasteiger partial charge < -0.3 is 14.2 Å². The van der Waals surface area contributed by atoms with Crippen LogP contribution in [0.3, 0.4) is 0 Å². The number of ether oxygens (including phenoxy) is 3. The third-order valence-electron chi connectivity index (χ3n) is 11.3. The molecule has 0 N–H and O–H groups in total. The fourth-order valence-electron chi connectivity index (χ4n) is 7.13. The first-order chi connectivity index (χ1) is 35.0. The van der Waals surface area contributed by atoms with Crippen molar-refractivity contribution in [2.24, 2.45) is 0 Å². The van der Waals surface area contributed by atoms with Crippen molar-refractivity contribution in [3.05, 3.63) is 146 Å². The second-order valence-corrected chi connectivity index (χ2v) is 18.1. The molecule has 0 saturated heterocycles. The first kappa shape index (κ1) is 66.3. The van der Waals surface area contributed by atoms with E-state index in [4.69, 9.17) is 14.2 Å². The summed E-state index contributed by atoms with van der Waals surface area (Å²) in [5.41, 5.74) is 0. The molecule has 6 heteroatoms. The fraction of sp³-hybridized carbons (Fsp3) is 0.585. The molecule has 0 heterocycles. The second kappa shape index (κ2) is 57.9. The standard InChI is InChI=1S/C65H102O6/c1-4-7-10-13-16-19-22-25-28-31-32-35-38-41-44-47-50-53-56-59-65(68)71-62(60-69-63(66)57-54-51-48-45-42-39-36-33-29-26-23-20-17-14-11-8-5-2)61-70-64(67)58-55-52-49-46-43-40-37-34-30-27-24-21-18-15-12-9-6-3/h8-9,11-12,16-21,25-30,36-37,39-40,45-46,48-49,62H,4-7,10,13-15,22-24,31-35,38,41-44,47,50-61H2,1-3H3/b11-8-,12-9-,19-16-,20-17-,21-18-,28-25-,29-26-,30-27-,39-36-,40-37-,48-45-,49-46-. The average molecular weight is 980 g/mol. The second-order valence-electron chi connectivity index (χ2n) is 18.1. The van der Waals surface area contributed by atoms with Crippen LogP contribution in [0, 0.1) is 0 Å². The van der Waals surface area contributed by atoms with Crippen LogP contribution in [0.25, 0.3) is 0 Å². The molecule has 0 aromatic rings. The van der Waals surface area contributed by atoms with Gasteiger partial charge in [0.05, 0.1) is 0 Å². The summed E-state index contributed by atoms with van der Waals surface area (Å²) in [6.45, 7) is 6.27. The molecule has 0 saturated carbocycles. The predicted molar refractivity (Wildman–Crippen MR) is 306 cm³/mol. The Bertz CT molecular complexity index is 1510. The van der Waals surface area contributed by atoms with Crippen LogP contribution in [0.1, 0.15) is 226 Å². The minimum Gasteiger partial charge on any atom is -0.462 e. The molecule has 6 nitrogen and oxygen atoms in total. The molecule has 0 amide bonds. The van der Waals surface area contributed by atoms with E-state index < -0.39 is 6.10 Å². The summed E-state index contributed by atoms with van der Waals surface area (Å²) in [6, 6.07) is 0. The number of carbonyl (C=O) groups is 3. The predicted octanol–water partition coefficient (Wildman–Crippen LogP) is 19.2. The minimum atomic E-state index is -0.833. The largest absolute Gasteiger partial charge is 0.462 e. The monoisotopic (exact) mass is 979 g/mol. The van der Waals surface area contributed by atoms with E-state index in [9.17, 15) is 14.4 Å². The zero-order valence-electron chi connectivity index (χ0n) is 45.4. The van der Waals surface area contributed by atoms with Crippen LogP contribution in [0.4, 0.5) is 0 Å². The van der Waals surface area contributed by atoms with Crippen LogP contribution in [-0.4, -0.2) is 37.2 Å². The minimum absolute atomic E-state index is 0.133. The lowest BCUT2D eigenvalue weighted by Crippen LogP contribution is -2.30. The van der Waals surface area contributed by atoms with Crippen LogP contribution in [0.2, 0.25) is 0 Å². The van der Waals surface area contributed by atoms with Crippen molar-refractivity contribution < 1.29 is 28.6 Å². The van der Waals surface area contributed by atoms with Gasteiger partial charge in [0.25, 0.3) is 0 Å². The SMILES string of the molecule is CC/C=C\C/C=C\C/C=C\C/C=C\C/C=C\CCCC(=O)OCC(COC(=O)CCC/C=C\C/C=C\C/C=C\C/C=C\C/C=C\CC)OC(=O)CCCCCCCCCCC/C=C\C/C=C\CCCCC. The molecule has 0 atom stereocenters. The van der Waals surface area contributed by atoms with E-state index in [0.717, 1.165) is 103 Å². The van der Waals surface area contributed by atoms with Crippen LogP contribution in [-0.2, 0) is 28.6 Å². The van der Waals surface area contributed by atoms with Gasteiger partial charge in [-0.25, -0.2) is 0 Å². The van der Waals surface area contributed by atoms with Crippen molar-refractivity contribution in [3.8, 4) is 0 Å². The highest BCUT2D eigenvalue weighted by Crippen LogP contribution is 2.13. The Hall–Kier alpha value is -4.71. The van der Waals surface area contributed by atoms with Crippen LogP contribution < -0.4 is 0 Å². The molecule has 0 spiro atoms. The summed E-state index contributed by atoms with van der Waals surface area (Å²) in [6.07, 6.45) is 82.7. The van der Waals surface area contributed by atoms with Gasteiger partial charge in [0.15, 0.2) is 6.10 Å². The van der Waals surface area contributed by atoms with Gasteiger partial charge in [0.2, 0.25) is 0 Å². The Kier molecular flexibility index (Phi) is 54.0. The number of unbranched alkanes of at least 4 members (excludes halogenated alkanes) is 14. The van der Waals surface area contributed by atoms with E-state index in [1.807, 2.05) is 0 Å². The third kappa shape index (κ3) is 56.1. The molecular weight excluding hydrogens is 877 g/mol. The van der Waals surface area contributed by atoms with Gasteiger partial charge in [-0.2, -0.15) is 0 Å². The zero-order chi connectivity index (χ0) is 51.4. The summed E-state index contributed by atoms with van der Waals surface area (Å²) in [5.74, 6) is -1.05. The van der Waals surface area contributed by atoms with Crippen molar-refractivity contribution in [1.29, 1.82) is 0 Å². The smallest absolute Gasteiger partial charge is 0.306 e. The molecule has 0 radical (unpaired) electrons. The van der Waals surface area contributed by atoms with E-state index in [2.05, 4.69) is 167 Å². The van der Waals surface area contributed by atoms with Gasteiger partial charge in [-0.1, -0.05) is 224 Å². The summed E-state index contributed by atoms with van der Waals surface area (Å²) in [4.78, 5) is 38.1. The fourth-order valence-corrected chi connectivity index (χ4v) is 7.13. The summed E-state index contributed by atoms with van der Waals surface area (Å²) in [5, 5.41) is 0. The Morgan fingerprint density at radius 2 is 0.563 bits per heavy atom. The quantitative estimate of drug-likeness (QED) is 0.0262. The van der Waals surface area contributed by atoms with Crippen molar-refractivity contribution in [2.45, 2.75) is 232 Å². The highest BCUT2D eigenvalue weighted by atomic mass is 16.6. The van der Waals surface area contributed by atoms with E-state index >= 15 is 0 Å². The summed E-state index contributed by atoms with van der Waals surface area (Å²) in [7, 11) is 0. The Balaban J connectivity index is 4.59. The van der Waals surface area contributed by atoms with Gasteiger partial charge in [-0.15, -0.1) is 0 Å². The molecule has 0 aliphatic carbocycles. The molecule has 0 bridgehead atoms. The van der Waals surface area contributed by atoms with Gasteiger partial charge in [-0.05, 0) is 128 Å². The third-order valence-corrected chi connectivity index (χ3v) is 11.3. The van der Waals surface area contributed by atoms with E-state index in [0.29, 0.717) is 19.3 Å². The Labute approximate surface area is 436 Å². The molecule has 0 aliphatic rings. The number of hydrogen-bond acceptors (Lipinski definition) is 6. The van der Waals surface area contributed by atoms with Gasteiger partial charge in [0.1, 0.15) is 13.2 Å². The molecule has 71 heavy (non-hydrogen) atoms. The molecule has 0 rings (SSSR count). The number of hydrogen-bond donors (Lipinski definition) is 0. The highest BCUT2D eigenvalue weighted by Gasteiger charge is 2.19. The lowest BCUT2D eigenvalue weighted by molar-refractivity contribution is -0.167. The normalized spacial score (nSPS) is 12.8. The zero-order valence-corrected chi connectivity index (χ0v) is 45.4. The lowest BCUT2D eigenvalue weighted by atomic mass is 10.1. The molecular formula is C65H102O6. The maximum atomic E-state index is 12.9. The highest BCUT2D eigenvalue weighted by molar-refractivity contribution is 5.71. The summed E-state index contributed by atoms with van der Waals surface area (Å²) >= 11 is 0. The van der Waals surface area contributed by atoms with Crippen molar-refractivity contribution in [2.75, 3.05) is 13.2 Å². The molecule has 0 aliphatic heterocycles. The Morgan fingerprint density at radius 1 is 0.296 bits per heavy atom. The first-order valence-electron chi connectivity index (χ1n) is 28.3. The Morgan fingerprint density at radius 3 is 0.901 bits per heavy atom. The molecule has 398 valence electrons. The lowest BCUT2D eigenvalue weighted by Gasteiger charge is -2.18. The van der Waals surface area contributed by atoms with Crippen LogP contribution >= 0.6 is 0 Å². The van der Waals surface area contributed by atoms with Crippen molar-refractivity contribution in [3.63, 3.8) is 0 Å². The van der Waals surface area contributed by atoms with E-state index in [1.165, 1.54) is 70.6 Å². The number of rotatable bonds is 49. The summed E-state index contributed by atoms with van der Waals surface area (Å²) < 4.78 is 16.8. The van der Waals surface area contributed by atoms with E-state index in [-0.39, 0.29) is 44.0 Å². The molecule has 0 fully saturated rings. The maximum Gasteiger partial charge on any atom is 0.306 e. The number of carbonyl (C=O) groups excluding carboxylic acids is 3. The average Bonchev–Trinajstić information content (AvgIpc) is 3.37. The maximum absolute atomic E-state index is 12.9. The first-order valence-corrected chi connectivity index (χ1v) is 28.3. The van der Waals surface area contributed by atoms with Crippen molar-refractivity contribution in [1.82, 2.24) is 0 Å². The number of allylic oxidation sites excluding steroid dienone is 24. The molecule has 0 unspecified atom stereocenters. The van der Waals surface area contributed by atoms with E-state index in [1.54, 1.807) is 0 Å². The van der Waals surface area contributed by atoms with Crippen LogP contribution in [0.5, 0.6) is 0 Å². The van der Waals surface area contributed by atoms with Crippen molar-refractivity contribution >= 4 is 17.9 Å². The van der Waals surface area contributed by atoms with Gasteiger partial charge >= 0.3 is 17.9 Å². The van der Waals surface area contributed by atoms with Gasteiger partial charge in [0, 0.05) is 19.3 Å². The number of esters is 3. The van der Waals surface area contributed by atoms with Crippen LogP contribution in [0.15, 0.2) is 146 Å². The topological polar surface area (TPSA) is 78.9 Å². The van der Waals surface area contributed by atoms with Gasteiger partial charge in [-0.3, -0.25) is 14.4 Å². The molecule has 0 aromatic heterocycles. The molecule has 0 aromatic carbocycles.